The van der Waals surface area contributed by atoms with E-state index in [-0.39, 0.29) is 41.2 Å². The molecule has 4 rings (SSSR count). The van der Waals surface area contributed by atoms with Crippen LogP contribution in [0.5, 0.6) is 0 Å². The van der Waals surface area contributed by atoms with Gasteiger partial charge in [-0.05, 0) is 30.4 Å². The van der Waals surface area contributed by atoms with Crippen LogP contribution in [0, 0.1) is 33.8 Å². The molecule has 3 aliphatic rings. The summed E-state index contributed by atoms with van der Waals surface area (Å²) in [5, 5.41) is 10.7. The standard InChI is InChI=1S/C15H12N2O4/c18-14-12-8-1-2-9(7-8)13(12)15(19)16(14)10-3-5-11(6-4-10)17(20)21/h1-6,8-9,12-13H,7H2/t8-,9?,12+,13-/m1/s1. The Morgan fingerprint density at radius 1 is 1.00 bits per heavy atom. The van der Waals surface area contributed by atoms with E-state index in [1.165, 1.54) is 29.2 Å². The Kier molecular flexibility index (Phi) is 2.34. The Balaban J connectivity index is 1.69. The van der Waals surface area contributed by atoms with Crippen LogP contribution in [-0.4, -0.2) is 16.7 Å². The fourth-order valence-corrected chi connectivity index (χ4v) is 3.88. The molecule has 2 amide bonds. The van der Waals surface area contributed by atoms with Gasteiger partial charge in [0.2, 0.25) is 11.8 Å². The second-order valence-corrected chi connectivity index (χ2v) is 5.79. The van der Waals surface area contributed by atoms with E-state index in [9.17, 15) is 19.7 Å². The molecule has 2 fully saturated rings. The van der Waals surface area contributed by atoms with E-state index in [4.69, 9.17) is 0 Å². The molecule has 0 aromatic heterocycles. The van der Waals surface area contributed by atoms with Crippen LogP contribution in [0.1, 0.15) is 6.42 Å². The highest BCUT2D eigenvalue weighted by Gasteiger charge is 2.59. The number of fused-ring (bicyclic) bond motifs is 5. The van der Waals surface area contributed by atoms with Crippen molar-refractivity contribution in [1.82, 2.24) is 0 Å². The van der Waals surface area contributed by atoms with Crippen molar-refractivity contribution in [2.45, 2.75) is 6.42 Å². The Morgan fingerprint density at radius 2 is 1.52 bits per heavy atom. The number of non-ortho nitro benzene ring substituents is 1. The maximum atomic E-state index is 12.5. The summed E-state index contributed by atoms with van der Waals surface area (Å²) < 4.78 is 0. The molecule has 6 heteroatoms. The van der Waals surface area contributed by atoms with Gasteiger partial charge < -0.3 is 0 Å². The molecule has 6 nitrogen and oxygen atoms in total. The summed E-state index contributed by atoms with van der Waals surface area (Å²) in [5.74, 6) is -0.504. The molecule has 1 aromatic carbocycles. The minimum absolute atomic E-state index is 0.0558. The Morgan fingerprint density at radius 3 is 2.00 bits per heavy atom. The maximum Gasteiger partial charge on any atom is 0.269 e. The van der Waals surface area contributed by atoms with Crippen LogP contribution in [0.4, 0.5) is 11.4 Å². The second-order valence-electron chi connectivity index (χ2n) is 5.79. The third-order valence-electron chi connectivity index (χ3n) is 4.79. The normalized spacial score (nSPS) is 32.9. The van der Waals surface area contributed by atoms with Crippen molar-refractivity contribution in [3.8, 4) is 0 Å². The molecule has 1 aliphatic heterocycles. The minimum Gasteiger partial charge on any atom is -0.274 e. The summed E-state index contributed by atoms with van der Waals surface area (Å²) in [6.07, 6.45) is 4.97. The monoisotopic (exact) mass is 284 g/mol. The van der Waals surface area contributed by atoms with Gasteiger partial charge in [-0.25, -0.2) is 0 Å². The highest BCUT2D eigenvalue weighted by Crippen LogP contribution is 2.53. The highest BCUT2D eigenvalue weighted by atomic mass is 16.6. The lowest BCUT2D eigenvalue weighted by Crippen LogP contribution is -2.32. The SMILES string of the molecule is O=C1[C@H]2[C@@H]3C=CC(C3)[C@H]2C(=O)N1c1ccc([N+](=O)[O-])cc1. The number of carbonyl (C=O) groups excluding carboxylic acids is 2. The molecule has 4 atom stereocenters. The quantitative estimate of drug-likeness (QED) is 0.359. The van der Waals surface area contributed by atoms with Gasteiger partial charge in [-0.2, -0.15) is 0 Å². The first kappa shape index (κ1) is 12.3. The number of rotatable bonds is 2. The van der Waals surface area contributed by atoms with E-state index < -0.39 is 4.92 Å². The lowest BCUT2D eigenvalue weighted by atomic mass is 9.85. The lowest BCUT2D eigenvalue weighted by molar-refractivity contribution is -0.384. The van der Waals surface area contributed by atoms with E-state index in [0.717, 1.165) is 6.42 Å². The molecule has 2 aliphatic carbocycles. The van der Waals surface area contributed by atoms with Gasteiger partial charge in [-0.3, -0.25) is 24.6 Å². The number of imide groups is 1. The van der Waals surface area contributed by atoms with Gasteiger partial charge in [0.05, 0.1) is 22.4 Å². The van der Waals surface area contributed by atoms with E-state index in [0.29, 0.717) is 5.69 Å². The van der Waals surface area contributed by atoms with E-state index in [1.54, 1.807) is 0 Å². The molecule has 2 bridgehead atoms. The van der Waals surface area contributed by atoms with Crippen LogP contribution in [0.25, 0.3) is 0 Å². The lowest BCUT2D eigenvalue weighted by Gasteiger charge is -2.16. The van der Waals surface area contributed by atoms with Crippen LogP contribution in [0.2, 0.25) is 0 Å². The summed E-state index contributed by atoms with van der Waals surface area (Å²) in [4.78, 5) is 36.4. The van der Waals surface area contributed by atoms with Crippen molar-refractivity contribution in [2.75, 3.05) is 4.90 Å². The van der Waals surface area contributed by atoms with Crippen LogP contribution in [0.3, 0.4) is 0 Å². The van der Waals surface area contributed by atoms with Crippen LogP contribution in [-0.2, 0) is 9.59 Å². The largest absolute Gasteiger partial charge is 0.274 e. The van der Waals surface area contributed by atoms with Gasteiger partial charge in [-0.1, -0.05) is 12.2 Å². The molecule has 0 N–H and O–H groups in total. The maximum absolute atomic E-state index is 12.5. The number of allylic oxidation sites excluding steroid dienone is 2. The predicted molar refractivity (Wildman–Crippen MR) is 73.3 cm³/mol. The first-order chi connectivity index (χ1) is 10.1. The molecule has 106 valence electrons. The van der Waals surface area contributed by atoms with E-state index in [1.807, 2.05) is 12.2 Å². The third-order valence-corrected chi connectivity index (χ3v) is 4.79. The molecule has 21 heavy (non-hydrogen) atoms. The first-order valence-corrected chi connectivity index (χ1v) is 6.88. The number of anilines is 1. The molecule has 1 unspecified atom stereocenters. The number of amides is 2. The summed E-state index contributed by atoms with van der Waals surface area (Å²) in [5.41, 5.74) is 0.365. The number of hydrogen-bond acceptors (Lipinski definition) is 4. The Bertz CT molecular complexity index is 664. The van der Waals surface area contributed by atoms with Crippen molar-refractivity contribution in [3.63, 3.8) is 0 Å². The number of nitro benzene ring substituents is 1. The zero-order chi connectivity index (χ0) is 14.7. The zero-order valence-corrected chi connectivity index (χ0v) is 11.0. The van der Waals surface area contributed by atoms with Gasteiger partial charge in [0.25, 0.3) is 5.69 Å². The number of nitro groups is 1. The average Bonchev–Trinajstić information content (AvgIpc) is 3.13. The molecule has 1 heterocycles. The Labute approximate surface area is 120 Å². The third kappa shape index (κ3) is 1.53. The van der Waals surface area contributed by atoms with Crippen molar-refractivity contribution in [1.29, 1.82) is 0 Å². The van der Waals surface area contributed by atoms with Gasteiger partial charge >= 0.3 is 0 Å². The molecular formula is C15H12N2O4. The molecule has 1 aromatic rings. The summed E-state index contributed by atoms with van der Waals surface area (Å²) in [7, 11) is 0. The molecule has 0 spiro atoms. The zero-order valence-electron chi connectivity index (χ0n) is 11.0. The molecule has 1 saturated heterocycles. The number of hydrogen-bond donors (Lipinski definition) is 0. The number of benzene rings is 1. The van der Waals surface area contributed by atoms with Crippen LogP contribution in [0.15, 0.2) is 36.4 Å². The highest BCUT2D eigenvalue weighted by molar-refractivity contribution is 6.22. The fraction of sp³-hybridized carbons (Fsp3) is 0.333. The average molecular weight is 284 g/mol. The van der Waals surface area contributed by atoms with Crippen LogP contribution >= 0.6 is 0 Å². The molecule has 0 radical (unpaired) electrons. The topological polar surface area (TPSA) is 80.5 Å². The Hall–Kier alpha value is -2.50. The van der Waals surface area contributed by atoms with E-state index >= 15 is 0 Å². The number of nitrogens with zero attached hydrogens (tertiary/aromatic N) is 2. The van der Waals surface area contributed by atoms with Crippen molar-refractivity contribution < 1.29 is 14.5 Å². The van der Waals surface area contributed by atoms with Gasteiger partial charge in [0, 0.05) is 12.1 Å². The molecule has 1 saturated carbocycles. The van der Waals surface area contributed by atoms with Crippen molar-refractivity contribution in [2.24, 2.45) is 23.7 Å². The number of carbonyl (C=O) groups is 2. The fourth-order valence-electron chi connectivity index (χ4n) is 3.88. The molecular weight excluding hydrogens is 272 g/mol. The van der Waals surface area contributed by atoms with Crippen LogP contribution < -0.4 is 4.90 Å². The van der Waals surface area contributed by atoms with Gasteiger partial charge in [-0.15, -0.1) is 0 Å². The van der Waals surface area contributed by atoms with Gasteiger partial charge in [0.1, 0.15) is 0 Å². The van der Waals surface area contributed by atoms with Crippen molar-refractivity contribution >= 4 is 23.2 Å². The van der Waals surface area contributed by atoms with E-state index in [2.05, 4.69) is 0 Å². The smallest absolute Gasteiger partial charge is 0.269 e. The van der Waals surface area contributed by atoms with Crippen molar-refractivity contribution in [3.05, 3.63) is 46.5 Å². The summed E-state index contributed by atoms with van der Waals surface area (Å²) in [6, 6.07) is 5.56. The minimum atomic E-state index is -0.504. The predicted octanol–water partition coefficient (Wildman–Crippen LogP) is 1.91. The summed E-state index contributed by atoms with van der Waals surface area (Å²) in [6.45, 7) is 0. The first-order valence-electron chi connectivity index (χ1n) is 6.88. The second kappa shape index (κ2) is 4.00. The van der Waals surface area contributed by atoms with Gasteiger partial charge in [0.15, 0.2) is 0 Å². The summed E-state index contributed by atoms with van der Waals surface area (Å²) >= 11 is 0.